The molecule has 0 spiro atoms. The molecule has 0 radical (unpaired) electrons. The lowest BCUT2D eigenvalue weighted by molar-refractivity contribution is -0.126. The SMILES string of the molecule is CCC1(CNC(=O)C2CNCC(C)C2)CCCC1. The van der Waals surface area contributed by atoms with E-state index >= 15 is 0 Å². The van der Waals surface area contributed by atoms with E-state index in [0.717, 1.165) is 26.1 Å². The number of piperidine rings is 1. The van der Waals surface area contributed by atoms with Crippen LogP contribution in [0.25, 0.3) is 0 Å². The van der Waals surface area contributed by atoms with E-state index < -0.39 is 0 Å². The summed E-state index contributed by atoms with van der Waals surface area (Å²) in [4.78, 5) is 12.2. The van der Waals surface area contributed by atoms with Crippen LogP contribution in [0.5, 0.6) is 0 Å². The summed E-state index contributed by atoms with van der Waals surface area (Å²) in [6.07, 6.45) is 7.51. The first-order valence-electron chi connectivity index (χ1n) is 7.64. The summed E-state index contributed by atoms with van der Waals surface area (Å²) in [5.74, 6) is 1.08. The van der Waals surface area contributed by atoms with Gasteiger partial charge in [0, 0.05) is 13.1 Å². The van der Waals surface area contributed by atoms with E-state index in [2.05, 4.69) is 24.5 Å². The summed E-state index contributed by atoms with van der Waals surface area (Å²) in [6.45, 7) is 7.30. The normalized spacial score (nSPS) is 31.2. The van der Waals surface area contributed by atoms with E-state index in [0.29, 0.717) is 11.3 Å². The molecule has 0 aromatic carbocycles. The third-order valence-electron chi connectivity index (χ3n) is 4.99. The number of amides is 1. The van der Waals surface area contributed by atoms with Crippen molar-refractivity contribution in [2.24, 2.45) is 17.3 Å². The number of carbonyl (C=O) groups excluding carboxylic acids is 1. The highest BCUT2D eigenvalue weighted by molar-refractivity contribution is 5.79. The first kappa shape index (κ1) is 13.9. The molecule has 1 aliphatic heterocycles. The lowest BCUT2D eigenvalue weighted by atomic mass is 9.83. The summed E-state index contributed by atoms with van der Waals surface area (Å²) in [5.41, 5.74) is 0.406. The van der Waals surface area contributed by atoms with Crippen LogP contribution in [0.15, 0.2) is 0 Å². The highest BCUT2D eigenvalue weighted by Gasteiger charge is 2.33. The van der Waals surface area contributed by atoms with E-state index in [1.165, 1.54) is 32.1 Å². The topological polar surface area (TPSA) is 41.1 Å². The van der Waals surface area contributed by atoms with Gasteiger partial charge in [0.25, 0.3) is 0 Å². The molecule has 0 bridgehead atoms. The van der Waals surface area contributed by atoms with Crippen LogP contribution in [-0.2, 0) is 4.79 Å². The van der Waals surface area contributed by atoms with Gasteiger partial charge in [-0.3, -0.25) is 4.79 Å². The Hall–Kier alpha value is -0.570. The molecule has 0 aromatic heterocycles. The molecular formula is C15H28N2O. The summed E-state index contributed by atoms with van der Waals surface area (Å²) in [7, 11) is 0. The Morgan fingerprint density at radius 1 is 1.33 bits per heavy atom. The molecule has 2 atom stereocenters. The van der Waals surface area contributed by atoms with Crippen molar-refractivity contribution in [3.8, 4) is 0 Å². The highest BCUT2D eigenvalue weighted by atomic mass is 16.1. The van der Waals surface area contributed by atoms with Crippen LogP contribution in [-0.4, -0.2) is 25.5 Å². The summed E-state index contributed by atoms with van der Waals surface area (Å²) >= 11 is 0. The molecule has 1 aliphatic carbocycles. The predicted molar refractivity (Wildman–Crippen MR) is 74.3 cm³/mol. The molecule has 2 fully saturated rings. The third kappa shape index (κ3) is 3.25. The van der Waals surface area contributed by atoms with Crippen molar-refractivity contribution in [2.75, 3.05) is 19.6 Å². The number of rotatable bonds is 4. The molecule has 2 aliphatic rings. The van der Waals surface area contributed by atoms with Crippen molar-refractivity contribution >= 4 is 5.91 Å². The van der Waals surface area contributed by atoms with Gasteiger partial charge in [-0.25, -0.2) is 0 Å². The molecular weight excluding hydrogens is 224 g/mol. The van der Waals surface area contributed by atoms with Crippen molar-refractivity contribution in [2.45, 2.75) is 52.4 Å². The molecule has 2 N–H and O–H groups in total. The lowest BCUT2D eigenvalue weighted by Gasteiger charge is -2.31. The van der Waals surface area contributed by atoms with Gasteiger partial charge in [0.2, 0.25) is 5.91 Å². The minimum atomic E-state index is 0.184. The van der Waals surface area contributed by atoms with Crippen molar-refractivity contribution in [1.29, 1.82) is 0 Å². The Bertz CT molecular complexity index is 284. The van der Waals surface area contributed by atoms with Gasteiger partial charge in [-0.05, 0) is 43.6 Å². The second-order valence-electron chi connectivity index (χ2n) is 6.47. The molecule has 3 heteroatoms. The van der Waals surface area contributed by atoms with Gasteiger partial charge < -0.3 is 10.6 Å². The molecule has 1 amide bonds. The zero-order valence-electron chi connectivity index (χ0n) is 11.9. The van der Waals surface area contributed by atoms with Crippen LogP contribution >= 0.6 is 0 Å². The maximum Gasteiger partial charge on any atom is 0.224 e. The molecule has 0 aromatic rings. The summed E-state index contributed by atoms with van der Waals surface area (Å²) < 4.78 is 0. The summed E-state index contributed by atoms with van der Waals surface area (Å²) in [5, 5.41) is 6.58. The van der Waals surface area contributed by atoms with Crippen LogP contribution in [0.2, 0.25) is 0 Å². The number of carbonyl (C=O) groups is 1. The van der Waals surface area contributed by atoms with Crippen molar-refractivity contribution in [1.82, 2.24) is 10.6 Å². The van der Waals surface area contributed by atoms with Crippen molar-refractivity contribution in [3.05, 3.63) is 0 Å². The smallest absolute Gasteiger partial charge is 0.224 e. The molecule has 1 saturated heterocycles. The number of hydrogen-bond donors (Lipinski definition) is 2. The monoisotopic (exact) mass is 252 g/mol. The quantitative estimate of drug-likeness (QED) is 0.806. The maximum atomic E-state index is 12.2. The first-order valence-corrected chi connectivity index (χ1v) is 7.64. The molecule has 2 rings (SSSR count). The van der Waals surface area contributed by atoms with Crippen LogP contribution in [0.4, 0.5) is 0 Å². The molecule has 1 saturated carbocycles. The minimum absolute atomic E-state index is 0.184. The van der Waals surface area contributed by atoms with Gasteiger partial charge in [0.15, 0.2) is 0 Å². The van der Waals surface area contributed by atoms with Gasteiger partial charge in [-0.1, -0.05) is 26.7 Å². The van der Waals surface area contributed by atoms with Crippen molar-refractivity contribution < 1.29 is 4.79 Å². The van der Waals surface area contributed by atoms with E-state index in [4.69, 9.17) is 0 Å². The zero-order chi connectivity index (χ0) is 13.0. The average molecular weight is 252 g/mol. The molecule has 104 valence electrons. The van der Waals surface area contributed by atoms with Gasteiger partial charge in [0.1, 0.15) is 0 Å². The first-order chi connectivity index (χ1) is 8.65. The van der Waals surface area contributed by atoms with Gasteiger partial charge in [-0.15, -0.1) is 0 Å². The Kier molecular flexibility index (Phi) is 4.66. The molecule has 3 nitrogen and oxygen atoms in total. The highest BCUT2D eigenvalue weighted by Crippen LogP contribution is 2.40. The standard InChI is InChI=1S/C15H28N2O/c1-3-15(6-4-5-7-15)11-17-14(18)13-8-12(2)9-16-10-13/h12-13,16H,3-11H2,1-2H3,(H,17,18). The van der Waals surface area contributed by atoms with Gasteiger partial charge in [-0.2, -0.15) is 0 Å². The maximum absolute atomic E-state index is 12.2. The second-order valence-corrected chi connectivity index (χ2v) is 6.47. The van der Waals surface area contributed by atoms with Crippen LogP contribution in [0, 0.1) is 17.3 Å². The fourth-order valence-corrected chi connectivity index (χ4v) is 3.56. The van der Waals surface area contributed by atoms with Crippen molar-refractivity contribution in [3.63, 3.8) is 0 Å². The van der Waals surface area contributed by atoms with Crippen LogP contribution < -0.4 is 10.6 Å². The van der Waals surface area contributed by atoms with Gasteiger partial charge in [0.05, 0.1) is 5.92 Å². The Balaban J connectivity index is 1.80. The zero-order valence-corrected chi connectivity index (χ0v) is 11.9. The third-order valence-corrected chi connectivity index (χ3v) is 4.99. The Morgan fingerprint density at radius 2 is 2.06 bits per heavy atom. The van der Waals surface area contributed by atoms with E-state index in [-0.39, 0.29) is 11.8 Å². The molecule has 2 unspecified atom stereocenters. The largest absolute Gasteiger partial charge is 0.355 e. The second kappa shape index (κ2) is 6.05. The lowest BCUT2D eigenvalue weighted by Crippen LogP contribution is -2.45. The number of nitrogens with one attached hydrogen (secondary N) is 2. The minimum Gasteiger partial charge on any atom is -0.355 e. The summed E-state index contributed by atoms with van der Waals surface area (Å²) in [6, 6.07) is 0. The van der Waals surface area contributed by atoms with E-state index in [1.54, 1.807) is 0 Å². The van der Waals surface area contributed by atoms with E-state index in [1.807, 2.05) is 0 Å². The van der Waals surface area contributed by atoms with E-state index in [9.17, 15) is 4.79 Å². The Labute approximate surface area is 111 Å². The average Bonchev–Trinajstić information content (AvgIpc) is 2.85. The van der Waals surface area contributed by atoms with Crippen LogP contribution in [0.1, 0.15) is 52.4 Å². The van der Waals surface area contributed by atoms with Gasteiger partial charge >= 0.3 is 0 Å². The molecule has 18 heavy (non-hydrogen) atoms. The van der Waals surface area contributed by atoms with Crippen LogP contribution in [0.3, 0.4) is 0 Å². The fraction of sp³-hybridized carbons (Fsp3) is 0.933. The Morgan fingerprint density at radius 3 is 2.67 bits per heavy atom. The molecule has 1 heterocycles. The predicted octanol–water partition coefficient (Wildman–Crippen LogP) is 2.32. The fourth-order valence-electron chi connectivity index (χ4n) is 3.56. The number of hydrogen-bond acceptors (Lipinski definition) is 2.